The average Bonchev–Trinajstić information content (AvgIpc) is 2.40. The summed E-state index contributed by atoms with van der Waals surface area (Å²) in [6.07, 6.45) is 0.152. The van der Waals surface area contributed by atoms with E-state index >= 15 is 0 Å². The number of rotatable bonds is 4. The normalized spacial score (nSPS) is 13.8. The van der Waals surface area contributed by atoms with Gasteiger partial charge in [-0.05, 0) is 0 Å². The van der Waals surface area contributed by atoms with E-state index in [4.69, 9.17) is 11.6 Å². The summed E-state index contributed by atoms with van der Waals surface area (Å²) in [5, 5.41) is 1.12. The third-order valence-electron chi connectivity index (χ3n) is 3.66. The predicted molar refractivity (Wildman–Crippen MR) is 88.6 cm³/mol. The Labute approximate surface area is 125 Å². The Hall–Kier alpha value is -0.920. The zero-order chi connectivity index (χ0) is 14.8. The van der Waals surface area contributed by atoms with Gasteiger partial charge in [-0.2, -0.15) is 0 Å². The van der Waals surface area contributed by atoms with Crippen molar-refractivity contribution in [3.63, 3.8) is 0 Å². The van der Waals surface area contributed by atoms with E-state index in [-0.39, 0.29) is 12.0 Å². The van der Waals surface area contributed by atoms with Crippen molar-refractivity contribution in [1.82, 2.24) is 0 Å². The molecule has 0 bridgehead atoms. The van der Waals surface area contributed by atoms with Gasteiger partial charge in [0.25, 0.3) is 0 Å². The first-order valence-electron chi connectivity index (χ1n) is 6.57. The molecule has 0 aliphatic heterocycles. The van der Waals surface area contributed by atoms with E-state index in [0.717, 1.165) is 11.1 Å². The molecular weight excluding hydrogens is 291 g/mol. The molecule has 108 valence electrons. The van der Waals surface area contributed by atoms with E-state index in [9.17, 15) is 9.79 Å². The molecule has 2 aromatic carbocycles. The van der Waals surface area contributed by atoms with Crippen LogP contribution in [-0.4, -0.2) is 21.8 Å². The van der Waals surface area contributed by atoms with Crippen molar-refractivity contribution in [3.8, 4) is 0 Å². The van der Waals surface area contributed by atoms with Crippen molar-refractivity contribution in [2.24, 2.45) is 0 Å². The first-order valence-corrected chi connectivity index (χ1v) is 9.43. The average molecular weight is 311 g/mol. The minimum absolute atomic E-state index is 0.152. The standard InChI is InChI=1S/C16H20ClO2P/c1-13-3-7-15(8-4-13)20(18,19,12-11-17)16-9-5-14(2)6-10-16/h3-10,18-19H,11-12H2,1-2H3. The third kappa shape index (κ3) is 2.75. The summed E-state index contributed by atoms with van der Waals surface area (Å²) < 4.78 is 0. The molecule has 0 saturated heterocycles. The van der Waals surface area contributed by atoms with E-state index in [1.165, 1.54) is 0 Å². The fourth-order valence-corrected chi connectivity index (χ4v) is 5.93. The zero-order valence-corrected chi connectivity index (χ0v) is 13.4. The molecule has 0 amide bonds. The number of aryl methyl sites for hydroxylation is 2. The molecule has 0 aliphatic carbocycles. The zero-order valence-electron chi connectivity index (χ0n) is 11.8. The van der Waals surface area contributed by atoms with Gasteiger partial charge in [-0.15, -0.1) is 0 Å². The van der Waals surface area contributed by atoms with E-state index in [1.807, 2.05) is 38.1 Å². The predicted octanol–water partition coefficient (Wildman–Crippen LogP) is 2.86. The Morgan fingerprint density at radius 3 is 1.45 bits per heavy atom. The van der Waals surface area contributed by atoms with E-state index < -0.39 is 7.06 Å². The SMILES string of the molecule is Cc1ccc(P(O)(O)(CCCl)c2ccc(C)cc2)cc1. The van der Waals surface area contributed by atoms with Crippen molar-refractivity contribution in [3.05, 3.63) is 59.7 Å². The van der Waals surface area contributed by atoms with Gasteiger partial charge in [0.2, 0.25) is 0 Å². The Morgan fingerprint density at radius 1 is 0.800 bits per heavy atom. The Balaban J connectivity index is 2.62. The van der Waals surface area contributed by atoms with Crippen molar-refractivity contribution >= 4 is 29.3 Å². The molecular formula is C16H20ClO2P. The monoisotopic (exact) mass is 310 g/mol. The van der Waals surface area contributed by atoms with E-state index in [1.54, 1.807) is 24.3 Å². The van der Waals surface area contributed by atoms with Gasteiger partial charge in [-0.25, -0.2) is 0 Å². The molecule has 4 heteroatoms. The van der Waals surface area contributed by atoms with Crippen LogP contribution in [0.3, 0.4) is 0 Å². The number of halogens is 1. The maximum atomic E-state index is 11.2. The van der Waals surface area contributed by atoms with Gasteiger partial charge >= 0.3 is 125 Å². The summed E-state index contributed by atoms with van der Waals surface area (Å²) in [5.41, 5.74) is 2.17. The van der Waals surface area contributed by atoms with Gasteiger partial charge in [0.1, 0.15) is 0 Å². The van der Waals surface area contributed by atoms with Crippen LogP contribution in [0.2, 0.25) is 0 Å². The quantitative estimate of drug-likeness (QED) is 0.673. The molecule has 0 radical (unpaired) electrons. The molecule has 0 heterocycles. The molecule has 0 atom stereocenters. The van der Waals surface area contributed by atoms with Gasteiger partial charge < -0.3 is 0 Å². The fraction of sp³-hybridized carbons (Fsp3) is 0.250. The van der Waals surface area contributed by atoms with Crippen molar-refractivity contribution < 1.29 is 9.79 Å². The van der Waals surface area contributed by atoms with Gasteiger partial charge in [-0.3, -0.25) is 0 Å². The molecule has 2 aromatic rings. The summed E-state index contributed by atoms with van der Waals surface area (Å²) in [5.74, 6) is 0.201. The van der Waals surface area contributed by atoms with Crippen molar-refractivity contribution in [1.29, 1.82) is 0 Å². The van der Waals surface area contributed by atoms with E-state index in [0.29, 0.717) is 10.6 Å². The molecule has 0 saturated carbocycles. The van der Waals surface area contributed by atoms with Gasteiger partial charge in [0, 0.05) is 0 Å². The molecule has 2 nitrogen and oxygen atoms in total. The second kappa shape index (κ2) is 5.46. The number of hydrogen-bond donors (Lipinski definition) is 2. The fourth-order valence-electron chi connectivity index (χ4n) is 2.28. The third-order valence-corrected chi connectivity index (χ3v) is 7.95. The maximum absolute atomic E-state index is 11.2. The molecule has 0 spiro atoms. The molecule has 0 unspecified atom stereocenters. The van der Waals surface area contributed by atoms with Crippen LogP contribution in [0.15, 0.2) is 48.5 Å². The first kappa shape index (κ1) is 15.5. The summed E-state index contributed by atoms with van der Waals surface area (Å²) in [4.78, 5) is 22.4. The second-order valence-electron chi connectivity index (χ2n) is 5.28. The van der Waals surface area contributed by atoms with Crippen LogP contribution in [0.5, 0.6) is 0 Å². The van der Waals surface area contributed by atoms with Crippen LogP contribution in [0.1, 0.15) is 11.1 Å². The molecule has 0 fully saturated rings. The topological polar surface area (TPSA) is 40.5 Å². The van der Waals surface area contributed by atoms with Crippen LogP contribution < -0.4 is 10.6 Å². The Kier molecular flexibility index (Phi) is 4.22. The Bertz CT molecular complexity index is 541. The van der Waals surface area contributed by atoms with Gasteiger partial charge in [-0.1, -0.05) is 0 Å². The van der Waals surface area contributed by atoms with Crippen LogP contribution in [0.25, 0.3) is 0 Å². The first-order chi connectivity index (χ1) is 9.35. The van der Waals surface area contributed by atoms with Crippen molar-refractivity contribution in [2.75, 3.05) is 12.0 Å². The number of alkyl halides is 1. The molecule has 2 rings (SSSR count). The number of benzene rings is 2. The van der Waals surface area contributed by atoms with Crippen LogP contribution in [-0.2, 0) is 0 Å². The Morgan fingerprint density at radius 2 is 1.15 bits per heavy atom. The molecule has 2 N–H and O–H groups in total. The molecule has 0 aliphatic rings. The molecule has 0 aromatic heterocycles. The van der Waals surface area contributed by atoms with E-state index in [2.05, 4.69) is 0 Å². The van der Waals surface area contributed by atoms with Crippen LogP contribution in [0, 0.1) is 13.8 Å². The number of hydrogen-bond acceptors (Lipinski definition) is 2. The van der Waals surface area contributed by atoms with Gasteiger partial charge in [0.15, 0.2) is 0 Å². The summed E-state index contributed by atoms with van der Waals surface area (Å²) in [6, 6.07) is 14.7. The summed E-state index contributed by atoms with van der Waals surface area (Å²) in [7, 11) is -4.17. The molecule has 20 heavy (non-hydrogen) atoms. The van der Waals surface area contributed by atoms with Crippen molar-refractivity contribution in [2.45, 2.75) is 13.8 Å². The van der Waals surface area contributed by atoms with Crippen LogP contribution >= 0.6 is 18.7 Å². The van der Waals surface area contributed by atoms with Gasteiger partial charge in [0.05, 0.1) is 0 Å². The minimum atomic E-state index is -4.17. The summed E-state index contributed by atoms with van der Waals surface area (Å²) >= 11 is 5.85. The summed E-state index contributed by atoms with van der Waals surface area (Å²) in [6.45, 7) is 3.95. The second-order valence-corrected chi connectivity index (χ2v) is 9.54. The van der Waals surface area contributed by atoms with Crippen LogP contribution in [0.4, 0.5) is 0 Å².